The maximum absolute atomic E-state index is 13.4. The summed E-state index contributed by atoms with van der Waals surface area (Å²) in [5, 5.41) is 0.936. The quantitative estimate of drug-likeness (QED) is 0.220. The van der Waals surface area contributed by atoms with Crippen LogP contribution in [0.1, 0.15) is 33.2 Å². The number of carbonyl (C=O) groups excluding carboxylic acids is 2. The van der Waals surface area contributed by atoms with E-state index < -0.39 is 11.8 Å². The van der Waals surface area contributed by atoms with Crippen LogP contribution in [0.2, 0.25) is 0 Å². The van der Waals surface area contributed by atoms with Crippen LogP contribution < -0.4 is 14.2 Å². The second kappa shape index (κ2) is 8.51. The van der Waals surface area contributed by atoms with Crippen molar-refractivity contribution >= 4 is 28.7 Å². The summed E-state index contributed by atoms with van der Waals surface area (Å²) in [5.74, 6) is -0.144. The van der Waals surface area contributed by atoms with Gasteiger partial charge in [-0.15, -0.1) is 0 Å². The zero-order valence-electron chi connectivity index (χ0n) is 18.5. The molecular weight excluding hydrogens is 437 g/mol. The topological polar surface area (TPSA) is 66.8 Å². The first kappa shape index (κ1) is 21.5. The fourth-order valence-corrected chi connectivity index (χ4v) is 3.96. The van der Waals surface area contributed by atoms with Crippen LogP contribution in [0.3, 0.4) is 0 Å². The second-order valence-electron chi connectivity index (χ2n) is 7.75. The number of aromatic nitrogens is 1. The molecule has 1 aromatic heterocycles. The number of hydrogen-bond donors (Lipinski definition) is 0. The Labute approximate surface area is 194 Å². The number of Topliss-reactive ketones (excluding diaryl/α,β-unsaturated/α-hetero) is 1. The van der Waals surface area contributed by atoms with E-state index in [9.17, 15) is 14.0 Å². The number of aryl methyl sites for hydroxylation is 1. The lowest BCUT2D eigenvalue weighted by atomic mass is 10.1. The predicted molar refractivity (Wildman–Crippen MR) is 125 cm³/mol. The van der Waals surface area contributed by atoms with Gasteiger partial charge in [0, 0.05) is 35.3 Å². The van der Waals surface area contributed by atoms with Gasteiger partial charge in [-0.1, -0.05) is 6.07 Å². The summed E-state index contributed by atoms with van der Waals surface area (Å²) in [6.45, 7) is 2.81. The lowest BCUT2D eigenvalue weighted by Crippen LogP contribution is -2.08. The minimum Gasteiger partial charge on any atom is -0.497 e. The third-order valence-corrected chi connectivity index (χ3v) is 5.66. The largest absolute Gasteiger partial charge is 0.497 e. The van der Waals surface area contributed by atoms with E-state index in [-0.39, 0.29) is 28.6 Å². The molecule has 0 saturated carbocycles. The highest BCUT2D eigenvalue weighted by Crippen LogP contribution is 2.36. The molecule has 0 fully saturated rings. The number of ether oxygens (including phenoxy) is 3. The molecule has 3 aromatic carbocycles. The summed E-state index contributed by atoms with van der Waals surface area (Å²) in [6.07, 6.45) is 3.66. The van der Waals surface area contributed by atoms with E-state index in [0.29, 0.717) is 11.3 Å². The highest BCUT2D eigenvalue weighted by Gasteiger charge is 2.28. The Morgan fingerprint density at radius 1 is 1.09 bits per heavy atom. The molecule has 0 atom stereocenters. The average molecular weight is 457 g/mol. The fraction of sp³-hybridized carbons (Fsp3) is 0.111. The molecule has 7 heteroatoms. The van der Waals surface area contributed by atoms with Crippen molar-refractivity contribution in [2.45, 2.75) is 13.5 Å². The lowest BCUT2D eigenvalue weighted by Gasteiger charge is -2.05. The van der Waals surface area contributed by atoms with Gasteiger partial charge in [-0.2, -0.15) is 0 Å². The minimum absolute atomic E-state index is 0.0841. The van der Waals surface area contributed by atoms with Gasteiger partial charge in [-0.05, 0) is 61.5 Å². The zero-order chi connectivity index (χ0) is 23.8. The Bertz CT molecular complexity index is 1480. The summed E-state index contributed by atoms with van der Waals surface area (Å²) in [4.78, 5) is 25.3. The Hall–Kier alpha value is -4.39. The maximum Gasteiger partial charge on any atom is 0.343 e. The van der Waals surface area contributed by atoms with Gasteiger partial charge < -0.3 is 18.8 Å². The Morgan fingerprint density at radius 3 is 2.68 bits per heavy atom. The molecule has 4 aromatic rings. The summed E-state index contributed by atoms with van der Waals surface area (Å²) < 4.78 is 32.0. The van der Waals surface area contributed by atoms with E-state index in [1.165, 1.54) is 30.3 Å². The second-order valence-corrected chi connectivity index (χ2v) is 7.75. The van der Waals surface area contributed by atoms with Crippen molar-refractivity contribution < 1.29 is 28.2 Å². The van der Waals surface area contributed by atoms with Crippen molar-refractivity contribution in [1.82, 2.24) is 4.57 Å². The highest BCUT2D eigenvalue weighted by atomic mass is 19.1. The van der Waals surface area contributed by atoms with E-state index in [1.807, 2.05) is 31.3 Å². The molecule has 6 nitrogen and oxygen atoms in total. The molecule has 34 heavy (non-hydrogen) atoms. The predicted octanol–water partition coefficient (Wildman–Crippen LogP) is 5.64. The van der Waals surface area contributed by atoms with Crippen molar-refractivity contribution in [1.29, 1.82) is 0 Å². The van der Waals surface area contributed by atoms with Crippen molar-refractivity contribution in [2.75, 3.05) is 7.11 Å². The number of allylic oxidation sites excluding steroid dienone is 1. The number of halogens is 1. The molecule has 1 aliphatic rings. The van der Waals surface area contributed by atoms with Crippen LogP contribution in [-0.4, -0.2) is 23.4 Å². The SMILES string of the molecule is CCn1cc(/C=C2\Oc3cc(OC(=O)c4cccc(F)c4)ccc3C2=O)c2cc(OC)ccc21. The molecule has 1 aliphatic heterocycles. The number of esters is 1. The molecule has 2 heterocycles. The third-order valence-electron chi connectivity index (χ3n) is 5.66. The Morgan fingerprint density at radius 2 is 1.91 bits per heavy atom. The third kappa shape index (κ3) is 3.81. The smallest absolute Gasteiger partial charge is 0.343 e. The van der Waals surface area contributed by atoms with E-state index in [0.717, 1.165) is 29.1 Å². The van der Waals surface area contributed by atoms with Crippen LogP contribution in [0.4, 0.5) is 4.39 Å². The molecule has 0 aliphatic carbocycles. The normalized spacial score (nSPS) is 13.7. The van der Waals surface area contributed by atoms with E-state index in [1.54, 1.807) is 19.3 Å². The molecule has 0 N–H and O–H groups in total. The molecule has 170 valence electrons. The van der Waals surface area contributed by atoms with Crippen molar-refractivity contribution in [3.63, 3.8) is 0 Å². The molecule has 0 amide bonds. The number of hydrogen-bond acceptors (Lipinski definition) is 5. The molecule has 0 saturated heterocycles. The van der Waals surface area contributed by atoms with Crippen molar-refractivity contribution in [3.8, 4) is 17.2 Å². The first-order valence-electron chi connectivity index (χ1n) is 10.7. The van der Waals surface area contributed by atoms with Gasteiger partial charge in [-0.25, -0.2) is 9.18 Å². The molecular formula is C27H20FNO5. The molecule has 0 radical (unpaired) electrons. The van der Waals surface area contributed by atoms with E-state index in [4.69, 9.17) is 14.2 Å². The highest BCUT2D eigenvalue weighted by molar-refractivity contribution is 6.15. The number of fused-ring (bicyclic) bond motifs is 2. The molecule has 0 unspecified atom stereocenters. The minimum atomic E-state index is -0.708. The van der Waals surface area contributed by atoms with E-state index in [2.05, 4.69) is 4.57 Å². The van der Waals surface area contributed by atoms with Crippen LogP contribution in [0, 0.1) is 5.82 Å². The number of rotatable bonds is 5. The first-order chi connectivity index (χ1) is 16.5. The van der Waals surface area contributed by atoms with Crippen LogP contribution in [-0.2, 0) is 6.54 Å². The Kier molecular flexibility index (Phi) is 5.37. The van der Waals surface area contributed by atoms with Gasteiger partial charge in [0.25, 0.3) is 0 Å². The summed E-state index contributed by atoms with van der Waals surface area (Å²) >= 11 is 0. The summed E-state index contributed by atoms with van der Waals surface area (Å²) in [7, 11) is 1.61. The van der Waals surface area contributed by atoms with Crippen LogP contribution in [0.15, 0.2) is 72.6 Å². The number of benzene rings is 3. The Balaban J connectivity index is 1.44. The monoisotopic (exact) mass is 457 g/mol. The number of ketones is 1. The number of methoxy groups -OCH3 is 1. The molecule has 0 bridgehead atoms. The van der Waals surface area contributed by atoms with Crippen LogP contribution >= 0.6 is 0 Å². The maximum atomic E-state index is 13.4. The molecule has 0 spiro atoms. The zero-order valence-corrected chi connectivity index (χ0v) is 18.5. The lowest BCUT2D eigenvalue weighted by molar-refractivity contribution is 0.0734. The fourth-order valence-electron chi connectivity index (χ4n) is 3.96. The number of carbonyl (C=O) groups is 2. The molecule has 5 rings (SSSR count). The van der Waals surface area contributed by atoms with Crippen LogP contribution in [0.5, 0.6) is 17.2 Å². The van der Waals surface area contributed by atoms with Gasteiger partial charge in [0.05, 0.1) is 18.2 Å². The van der Waals surface area contributed by atoms with Crippen molar-refractivity contribution in [3.05, 3.63) is 95.1 Å². The van der Waals surface area contributed by atoms with Crippen molar-refractivity contribution in [2.24, 2.45) is 0 Å². The average Bonchev–Trinajstić information content (AvgIpc) is 3.35. The van der Waals surface area contributed by atoms with Crippen LogP contribution in [0.25, 0.3) is 17.0 Å². The summed E-state index contributed by atoms with van der Waals surface area (Å²) in [6, 6.07) is 15.6. The van der Waals surface area contributed by atoms with Gasteiger partial charge in [0.1, 0.15) is 23.1 Å². The van der Waals surface area contributed by atoms with Gasteiger partial charge in [0.15, 0.2) is 5.76 Å². The number of nitrogens with zero attached hydrogens (tertiary/aromatic N) is 1. The van der Waals surface area contributed by atoms with Gasteiger partial charge in [-0.3, -0.25) is 4.79 Å². The van der Waals surface area contributed by atoms with E-state index >= 15 is 0 Å². The first-order valence-corrected chi connectivity index (χ1v) is 10.7. The summed E-state index contributed by atoms with van der Waals surface area (Å²) in [5.41, 5.74) is 2.30. The van der Waals surface area contributed by atoms with Gasteiger partial charge >= 0.3 is 5.97 Å². The van der Waals surface area contributed by atoms with Gasteiger partial charge in [0.2, 0.25) is 5.78 Å². The standard InChI is InChI=1S/C27H20FNO5/c1-3-29-15-17(22-13-19(32-2)8-10-23(22)29)12-25-26(30)21-9-7-20(14-24(21)34-25)33-27(31)16-5-4-6-18(28)11-16/h4-15H,3H2,1-2H3/b25-12-.